The van der Waals surface area contributed by atoms with Crippen molar-refractivity contribution in [2.45, 2.75) is 51.0 Å². The van der Waals surface area contributed by atoms with E-state index < -0.39 is 24.6 Å². The van der Waals surface area contributed by atoms with Crippen LogP contribution in [0.25, 0.3) is 11.1 Å². The van der Waals surface area contributed by atoms with Gasteiger partial charge in [-0.1, -0.05) is 12.1 Å². The van der Waals surface area contributed by atoms with E-state index in [0.29, 0.717) is 43.2 Å². The second kappa shape index (κ2) is 14.7. The number of hydrogen-bond donors (Lipinski definition) is 3. The second-order valence-corrected chi connectivity index (χ2v) is 10.6. The smallest absolute Gasteiger partial charge is 0.305 e. The number of benzene rings is 1. The zero-order valence-corrected chi connectivity index (χ0v) is 22.8. The lowest BCUT2D eigenvalue weighted by atomic mass is 9.92. The number of carbonyl (C=O) groups is 3. The van der Waals surface area contributed by atoms with E-state index in [1.807, 2.05) is 6.07 Å². The first kappa shape index (κ1) is 29.5. The summed E-state index contributed by atoms with van der Waals surface area (Å²) in [6.07, 6.45) is 7.84. The van der Waals surface area contributed by atoms with Crippen molar-refractivity contribution in [1.29, 1.82) is 0 Å². The quantitative estimate of drug-likeness (QED) is 0.365. The molecule has 216 valence electrons. The highest BCUT2D eigenvalue weighted by Crippen LogP contribution is 2.28. The zero-order valence-electron chi connectivity index (χ0n) is 22.8. The number of amides is 2. The van der Waals surface area contributed by atoms with Crippen LogP contribution in [0, 0.1) is 11.8 Å². The molecule has 2 aliphatic heterocycles. The lowest BCUT2D eigenvalue weighted by Gasteiger charge is -2.33. The third-order valence-corrected chi connectivity index (χ3v) is 7.74. The molecule has 4 rings (SSSR count). The molecule has 3 N–H and O–H groups in total. The highest BCUT2D eigenvalue weighted by molar-refractivity contribution is 5.82. The van der Waals surface area contributed by atoms with Gasteiger partial charge in [0.05, 0.1) is 18.4 Å². The fourth-order valence-electron chi connectivity index (χ4n) is 5.52. The van der Waals surface area contributed by atoms with Crippen molar-refractivity contribution in [3.05, 3.63) is 48.3 Å². The molecule has 2 aromatic rings. The molecule has 2 unspecified atom stereocenters. The molecule has 3 heterocycles. The van der Waals surface area contributed by atoms with Gasteiger partial charge >= 0.3 is 5.97 Å². The first-order valence-corrected chi connectivity index (χ1v) is 14.2. The second-order valence-electron chi connectivity index (χ2n) is 10.6. The molecule has 1 aromatic heterocycles. The number of carboxylic acids is 1. The van der Waals surface area contributed by atoms with Crippen molar-refractivity contribution in [2.24, 2.45) is 11.8 Å². The molecular formula is C30H39FN4O5. The summed E-state index contributed by atoms with van der Waals surface area (Å²) in [6.45, 7) is 2.36. The van der Waals surface area contributed by atoms with E-state index in [1.54, 1.807) is 41.6 Å². The van der Waals surface area contributed by atoms with E-state index in [-0.39, 0.29) is 24.8 Å². The molecule has 0 aliphatic carbocycles. The fraction of sp³-hybridized carbons (Fsp3) is 0.533. The first-order chi connectivity index (χ1) is 19.4. The van der Waals surface area contributed by atoms with E-state index >= 15 is 0 Å². The minimum Gasteiger partial charge on any atom is -0.491 e. The van der Waals surface area contributed by atoms with Crippen LogP contribution in [0.4, 0.5) is 4.39 Å². The number of carboxylic acid groups (broad SMARTS) is 1. The first-order valence-electron chi connectivity index (χ1n) is 14.2. The highest BCUT2D eigenvalue weighted by Gasteiger charge is 2.30. The van der Waals surface area contributed by atoms with E-state index in [9.17, 15) is 23.9 Å². The topological polar surface area (TPSA) is 121 Å². The van der Waals surface area contributed by atoms with Gasteiger partial charge in [0, 0.05) is 37.5 Å². The normalized spacial score (nSPS) is 18.6. The maximum absolute atomic E-state index is 13.3. The van der Waals surface area contributed by atoms with Crippen LogP contribution in [0.3, 0.4) is 0 Å². The number of nitrogens with zero attached hydrogens (tertiary/aromatic N) is 2. The van der Waals surface area contributed by atoms with Gasteiger partial charge < -0.3 is 25.4 Å². The standard InChI is InChI=1S/C30H39FN4O5/c31-10-14-40-26-5-1-3-22(16-26)24-15-25(19-33-18-24)27(17-29(37)38)34-30(39)23-4-2-13-35(20-23)28(36)7-6-21-8-11-32-12-9-21/h1,3,5,15-16,18-19,21,23,27,32H,2,4,6-14,17,20H2,(H,34,39)(H,37,38). The summed E-state index contributed by atoms with van der Waals surface area (Å²) in [4.78, 5) is 44.0. The molecule has 2 amide bonds. The van der Waals surface area contributed by atoms with Gasteiger partial charge in [-0.15, -0.1) is 0 Å². The predicted molar refractivity (Wildman–Crippen MR) is 148 cm³/mol. The van der Waals surface area contributed by atoms with E-state index in [1.165, 1.54) is 0 Å². The molecule has 0 bridgehead atoms. The number of aliphatic carboxylic acids is 1. The molecule has 0 spiro atoms. The molecule has 10 heteroatoms. The van der Waals surface area contributed by atoms with Gasteiger partial charge in [-0.05, 0) is 80.4 Å². The number of nitrogens with one attached hydrogen (secondary N) is 2. The zero-order chi connectivity index (χ0) is 28.3. The minimum atomic E-state index is -1.05. The maximum atomic E-state index is 13.3. The SMILES string of the molecule is O=C(O)CC(NC(=O)C1CCCN(C(=O)CCC2CCNCC2)C1)c1cncc(-c2cccc(OCCF)c2)c1. The molecule has 1 aromatic carbocycles. The van der Waals surface area contributed by atoms with Crippen molar-refractivity contribution in [3.63, 3.8) is 0 Å². The Kier molecular flexibility index (Phi) is 10.9. The Balaban J connectivity index is 1.40. The third kappa shape index (κ3) is 8.48. The summed E-state index contributed by atoms with van der Waals surface area (Å²) in [5.74, 6) is -0.519. The largest absolute Gasteiger partial charge is 0.491 e. The summed E-state index contributed by atoms with van der Waals surface area (Å²) in [7, 11) is 0. The van der Waals surface area contributed by atoms with Gasteiger partial charge in [-0.3, -0.25) is 19.4 Å². The number of rotatable bonds is 12. The van der Waals surface area contributed by atoms with Crippen LogP contribution in [0.1, 0.15) is 56.6 Å². The average molecular weight is 555 g/mol. The van der Waals surface area contributed by atoms with Gasteiger partial charge in [0.25, 0.3) is 0 Å². The molecule has 9 nitrogen and oxygen atoms in total. The van der Waals surface area contributed by atoms with Crippen molar-refractivity contribution in [2.75, 3.05) is 39.5 Å². The lowest BCUT2D eigenvalue weighted by molar-refractivity contribution is -0.138. The Labute approximate surface area is 234 Å². The molecule has 2 aliphatic rings. The van der Waals surface area contributed by atoms with Crippen LogP contribution in [0.5, 0.6) is 5.75 Å². The minimum absolute atomic E-state index is 0.0448. The Hall–Kier alpha value is -3.53. The number of likely N-dealkylation sites (tertiary alicyclic amines) is 1. The number of alkyl halides is 1. The monoisotopic (exact) mass is 554 g/mol. The van der Waals surface area contributed by atoms with Gasteiger partial charge in [0.1, 0.15) is 19.0 Å². The molecule has 2 atom stereocenters. The van der Waals surface area contributed by atoms with Crippen LogP contribution in [-0.2, 0) is 14.4 Å². The predicted octanol–water partition coefficient (Wildman–Crippen LogP) is 3.75. The van der Waals surface area contributed by atoms with Crippen LogP contribution in [0.2, 0.25) is 0 Å². The third-order valence-electron chi connectivity index (χ3n) is 7.74. The van der Waals surface area contributed by atoms with Gasteiger partial charge in [-0.25, -0.2) is 4.39 Å². The summed E-state index contributed by atoms with van der Waals surface area (Å²) in [5.41, 5.74) is 2.06. The van der Waals surface area contributed by atoms with Crippen molar-refractivity contribution in [1.82, 2.24) is 20.5 Å². The number of halogens is 1. The molecule has 2 saturated heterocycles. The van der Waals surface area contributed by atoms with Crippen LogP contribution in [0.15, 0.2) is 42.7 Å². The van der Waals surface area contributed by atoms with Crippen molar-refractivity contribution < 1.29 is 28.6 Å². The molecule has 40 heavy (non-hydrogen) atoms. The lowest BCUT2D eigenvalue weighted by Crippen LogP contribution is -2.46. The Morgan fingerprint density at radius 1 is 1.15 bits per heavy atom. The van der Waals surface area contributed by atoms with Gasteiger partial charge in [-0.2, -0.15) is 0 Å². The average Bonchev–Trinajstić information content (AvgIpc) is 2.99. The number of carbonyl (C=O) groups excluding carboxylic acids is 2. The number of ether oxygens (including phenoxy) is 1. The fourth-order valence-corrected chi connectivity index (χ4v) is 5.52. The Morgan fingerprint density at radius 2 is 1.98 bits per heavy atom. The van der Waals surface area contributed by atoms with Crippen LogP contribution < -0.4 is 15.4 Å². The number of aromatic nitrogens is 1. The molecule has 2 fully saturated rings. The number of hydrogen-bond acceptors (Lipinski definition) is 6. The van der Waals surface area contributed by atoms with E-state index in [4.69, 9.17) is 4.74 Å². The van der Waals surface area contributed by atoms with Crippen molar-refractivity contribution in [3.8, 4) is 16.9 Å². The molecule has 0 radical (unpaired) electrons. The summed E-state index contributed by atoms with van der Waals surface area (Å²) in [5, 5.41) is 15.8. The molecular weight excluding hydrogens is 515 g/mol. The highest BCUT2D eigenvalue weighted by atomic mass is 19.1. The van der Waals surface area contributed by atoms with Crippen LogP contribution >= 0.6 is 0 Å². The number of pyridine rings is 1. The van der Waals surface area contributed by atoms with Crippen molar-refractivity contribution >= 4 is 17.8 Å². The molecule has 0 saturated carbocycles. The van der Waals surface area contributed by atoms with E-state index in [0.717, 1.165) is 49.9 Å². The summed E-state index contributed by atoms with van der Waals surface area (Å²) in [6, 6.07) is 8.15. The Morgan fingerprint density at radius 3 is 2.75 bits per heavy atom. The summed E-state index contributed by atoms with van der Waals surface area (Å²) >= 11 is 0. The van der Waals surface area contributed by atoms with Gasteiger partial charge in [0.2, 0.25) is 11.8 Å². The summed E-state index contributed by atoms with van der Waals surface area (Å²) < 4.78 is 17.9. The van der Waals surface area contributed by atoms with Crippen LogP contribution in [-0.4, -0.2) is 72.2 Å². The maximum Gasteiger partial charge on any atom is 0.305 e. The number of piperidine rings is 2. The van der Waals surface area contributed by atoms with Gasteiger partial charge in [0.15, 0.2) is 0 Å². The van der Waals surface area contributed by atoms with E-state index in [2.05, 4.69) is 15.6 Å². The Bertz CT molecular complexity index is 1160.